The number of hydrogen-bond donors (Lipinski definition) is 1. The molecule has 0 bridgehead atoms. The molecule has 0 atom stereocenters. The summed E-state index contributed by atoms with van der Waals surface area (Å²) in [5, 5.41) is 5.82. The molecule has 0 aliphatic rings. The summed E-state index contributed by atoms with van der Waals surface area (Å²) in [5.41, 5.74) is 2.54. The number of pyridine rings is 2. The summed E-state index contributed by atoms with van der Waals surface area (Å²) in [7, 11) is -1.87. The number of fused-ring (bicyclic) bond motifs is 1. The number of rotatable bonds is 4. The van der Waals surface area contributed by atoms with Gasteiger partial charge in [0.25, 0.3) is 0 Å². The van der Waals surface area contributed by atoms with E-state index in [4.69, 9.17) is 5.14 Å². The zero-order valence-electron chi connectivity index (χ0n) is 12.5. The zero-order valence-corrected chi connectivity index (χ0v) is 13.4. The van der Waals surface area contributed by atoms with Crippen LogP contribution >= 0.6 is 0 Å². The van der Waals surface area contributed by atoms with Crippen molar-refractivity contribution in [2.75, 3.05) is 11.9 Å². The Kier molecular flexibility index (Phi) is 3.97. The number of anilines is 1. The van der Waals surface area contributed by atoms with E-state index in [1.807, 2.05) is 24.1 Å². The second-order valence-corrected chi connectivity index (χ2v) is 6.77. The Morgan fingerprint density at radius 2 is 1.83 bits per heavy atom. The van der Waals surface area contributed by atoms with Gasteiger partial charge < -0.3 is 4.90 Å². The quantitative estimate of drug-likeness (QED) is 0.790. The number of hydrogen-bond acceptors (Lipinski definition) is 5. The molecule has 0 unspecified atom stereocenters. The van der Waals surface area contributed by atoms with E-state index >= 15 is 0 Å². The minimum atomic E-state index is -3.80. The minimum Gasteiger partial charge on any atom is -0.369 e. The van der Waals surface area contributed by atoms with Gasteiger partial charge in [-0.1, -0.05) is 0 Å². The highest BCUT2D eigenvalue weighted by Gasteiger charge is 2.16. The molecule has 0 aliphatic heterocycles. The lowest BCUT2D eigenvalue weighted by Crippen LogP contribution is -2.18. The van der Waals surface area contributed by atoms with Crippen LogP contribution in [-0.4, -0.2) is 25.4 Å². The summed E-state index contributed by atoms with van der Waals surface area (Å²) in [6.45, 7) is 0.656. The van der Waals surface area contributed by atoms with E-state index in [1.165, 1.54) is 6.07 Å². The van der Waals surface area contributed by atoms with Crippen molar-refractivity contribution in [3.63, 3.8) is 0 Å². The minimum absolute atomic E-state index is 0.0849. The average molecular weight is 328 g/mol. The Labute approximate surface area is 134 Å². The van der Waals surface area contributed by atoms with E-state index in [0.717, 1.165) is 11.3 Å². The number of sulfonamides is 1. The van der Waals surface area contributed by atoms with Crippen molar-refractivity contribution < 1.29 is 8.42 Å². The summed E-state index contributed by atoms with van der Waals surface area (Å²) < 4.78 is 23.5. The third-order valence-electron chi connectivity index (χ3n) is 3.60. The lowest BCUT2D eigenvalue weighted by atomic mass is 10.1. The lowest BCUT2D eigenvalue weighted by molar-refractivity contribution is 0.598. The second-order valence-electron chi connectivity index (χ2n) is 5.24. The van der Waals surface area contributed by atoms with Crippen LogP contribution in [0.15, 0.2) is 59.9 Å². The van der Waals surface area contributed by atoms with Crippen LogP contribution in [0.4, 0.5) is 5.69 Å². The SMILES string of the molecule is CN(Cc1ccncc1)c1ccc(S(N)(=O)=O)c2cccnc12. The number of nitrogens with two attached hydrogens (primary N) is 1. The van der Waals surface area contributed by atoms with E-state index in [1.54, 1.807) is 36.8 Å². The van der Waals surface area contributed by atoms with Crippen molar-refractivity contribution in [3.05, 3.63) is 60.6 Å². The highest BCUT2D eigenvalue weighted by Crippen LogP contribution is 2.29. The van der Waals surface area contributed by atoms with Crippen molar-refractivity contribution in [2.24, 2.45) is 5.14 Å². The van der Waals surface area contributed by atoms with E-state index in [-0.39, 0.29) is 4.90 Å². The molecule has 0 aliphatic carbocycles. The number of primary sulfonamides is 1. The molecule has 0 fully saturated rings. The first-order valence-corrected chi connectivity index (χ1v) is 8.52. The van der Waals surface area contributed by atoms with Crippen molar-refractivity contribution in [1.29, 1.82) is 0 Å². The van der Waals surface area contributed by atoms with Crippen LogP contribution < -0.4 is 10.0 Å². The van der Waals surface area contributed by atoms with Gasteiger partial charge in [-0.2, -0.15) is 0 Å². The van der Waals surface area contributed by atoms with E-state index in [0.29, 0.717) is 17.4 Å². The molecule has 1 aromatic carbocycles. The molecule has 23 heavy (non-hydrogen) atoms. The van der Waals surface area contributed by atoms with Gasteiger partial charge in [0.1, 0.15) is 0 Å². The van der Waals surface area contributed by atoms with E-state index in [9.17, 15) is 8.42 Å². The Bertz CT molecular complexity index is 943. The molecule has 0 amide bonds. The first-order valence-electron chi connectivity index (χ1n) is 6.97. The molecule has 0 saturated heterocycles. The normalized spacial score (nSPS) is 11.6. The molecule has 3 aromatic rings. The van der Waals surface area contributed by atoms with Gasteiger partial charge in [-0.25, -0.2) is 13.6 Å². The summed E-state index contributed by atoms with van der Waals surface area (Å²) >= 11 is 0. The maximum Gasteiger partial charge on any atom is 0.238 e. The fourth-order valence-electron chi connectivity index (χ4n) is 2.53. The summed E-state index contributed by atoms with van der Waals surface area (Å²) in [4.78, 5) is 10.4. The van der Waals surface area contributed by atoms with Crippen LogP contribution in [-0.2, 0) is 16.6 Å². The van der Waals surface area contributed by atoms with Gasteiger partial charge in [0.05, 0.1) is 16.1 Å². The van der Waals surface area contributed by atoms with Crippen LogP contribution in [0, 0.1) is 0 Å². The largest absolute Gasteiger partial charge is 0.369 e. The van der Waals surface area contributed by atoms with Gasteiger partial charge in [0, 0.05) is 37.6 Å². The smallest absolute Gasteiger partial charge is 0.238 e. The third-order valence-corrected chi connectivity index (χ3v) is 4.56. The molecule has 7 heteroatoms. The summed E-state index contributed by atoms with van der Waals surface area (Å²) in [6.07, 6.45) is 5.12. The van der Waals surface area contributed by atoms with Gasteiger partial charge in [0.2, 0.25) is 10.0 Å². The predicted octanol–water partition coefficient (Wildman–Crippen LogP) is 1.91. The average Bonchev–Trinajstić information content (AvgIpc) is 2.53. The summed E-state index contributed by atoms with van der Waals surface area (Å²) in [6, 6.07) is 10.5. The van der Waals surface area contributed by atoms with Crippen molar-refractivity contribution >= 4 is 26.6 Å². The van der Waals surface area contributed by atoms with Crippen LogP contribution in [0.5, 0.6) is 0 Å². The molecule has 2 heterocycles. The number of nitrogens with zero attached hydrogens (tertiary/aromatic N) is 3. The van der Waals surface area contributed by atoms with Crippen LogP contribution in [0.1, 0.15) is 5.56 Å². The van der Waals surface area contributed by atoms with Crippen LogP contribution in [0.25, 0.3) is 10.9 Å². The molecular formula is C16H16N4O2S. The van der Waals surface area contributed by atoms with Crippen molar-refractivity contribution in [1.82, 2.24) is 9.97 Å². The maximum atomic E-state index is 11.7. The predicted molar refractivity (Wildman–Crippen MR) is 89.5 cm³/mol. The molecule has 2 aromatic heterocycles. The fourth-order valence-corrected chi connectivity index (χ4v) is 3.26. The standard InChI is InChI=1S/C16H16N4O2S/c1-20(11-12-6-9-18-10-7-12)14-4-5-15(23(17,21)22)13-3-2-8-19-16(13)14/h2-10H,11H2,1H3,(H2,17,21,22). The Hall–Kier alpha value is -2.51. The topological polar surface area (TPSA) is 89.2 Å². The number of aromatic nitrogens is 2. The van der Waals surface area contributed by atoms with Crippen LogP contribution in [0.2, 0.25) is 0 Å². The monoisotopic (exact) mass is 328 g/mol. The fraction of sp³-hybridized carbons (Fsp3) is 0.125. The highest BCUT2D eigenvalue weighted by molar-refractivity contribution is 7.89. The molecule has 118 valence electrons. The summed E-state index contributed by atoms with van der Waals surface area (Å²) in [5.74, 6) is 0. The Balaban J connectivity index is 2.09. The van der Waals surface area contributed by atoms with Crippen molar-refractivity contribution in [3.8, 4) is 0 Å². The molecule has 0 saturated carbocycles. The van der Waals surface area contributed by atoms with Gasteiger partial charge in [0.15, 0.2) is 0 Å². The first kappa shape index (κ1) is 15.4. The van der Waals surface area contributed by atoms with Crippen LogP contribution in [0.3, 0.4) is 0 Å². The molecule has 0 radical (unpaired) electrons. The molecule has 2 N–H and O–H groups in total. The highest BCUT2D eigenvalue weighted by atomic mass is 32.2. The van der Waals surface area contributed by atoms with Gasteiger partial charge in [-0.3, -0.25) is 9.97 Å². The molecular weight excluding hydrogens is 312 g/mol. The zero-order chi connectivity index (χ0) is 16.4. The Morgan fingerprint density at radius 3 is 2.52 bits per heavy atom. The van der Waals surface area contributed by atoms with E-state index in [2.05, 4.69) is 9.97 Å². The Morgan fingerprint density at radius 1 is 1.09 bits per heavy atom. The second kappa shape index (κ2) is 5.94. The molecule has 6 nitrogen and oxygen atoms in total. The van der Waals surface area contributed by atoms with Gasteiger partial charge >= 0.3 is 0 Å². The maximum absolute atomic E-state index is 11.7. The first-order chi connectivity index (χ1) is 11.0. The van der Waals surface area contributed by atoms with Gasteiger partial charge in [-0.15, -0.1) is 0 Å². The van der Waals surface area contributed by atoms with Crippen molar-refractivity contribution in [2.45, 2.75) is 11.4 Å². The number of benzene rings is 1. The van der Waals surface area contributed by atoms with E-state index < -0.39 is 10.0 Å². The molecule has 0 spiro atoms. The third kappa shape index (κ3) is 3.15. The molecule has 3 rings (SSSR count). The van der Waals surface area contributed by atoms with Gasteiger partial charge in [-0.05, 0) is 42.0 Å². The lowest BCUT2D eigenvalue weighted by Gasteiger charge is -2.21.